The normalized spacial score (nSPS) is 10.3. The summed E-state index contributed by atoms with van der Waals surface area (Å²) < 4.78 is 0. The molecule has 0 aliphatic carbocycles. The largest absolute Gasteiger partial charge is 0.249 e. The van der Waals surface area contributed by atoms with Gasteiger partial charge in [-0.2, -0.15) is 0 Å². The number of benzene rings is 1. The van der Waals surface area contributed by atoms with Crippen molar-refractivity contribution < 1.29 is 0 Å². The summed E-state index contributed by atoms with van der Waals surface area (Å²) in [5.41, 5.74) is 2.67. The van der Waals surface area contributed by atoms with Gasteiger partial charge in [-0.1, -0.05) is 12.1 Å². The molecular formula is C9H7N2. The monoisotopic (exact) mass is 143 g/mol. The number of para-hydroxylation sites is 2. The number of aromatic nitrogens is 2. The molecule has 0 amide bonds. The number of aryl methyl sites for hydroxylation is 1. The molecule has 2 nitrogen and oxygen atoms in total. The minimum Gasteiger partial charge on any atom is -0.249 e. The molecule has 0 fully saturated rings. The fourth-order valence-electron chi connectivity index (χ4n) is 1.00. The highest BCUT2D eigenvalue weighted by Gasteiger charge is 1.93. The second kappa shape index (κ2) is 2.31. The van der Waals surface area contributed by atoms with Crippen LogP contribution in [0.15, 0.2) is 24.3 Å². The van der Waals surface area contributed by atoms with Crippen LogP contribution in [0.4, 0.5) is 0 Å². The van der Waals surface area contributed by atoms with Crippen LogP contribution in [0.25, 0.3) is 11.0 Å². The molecule has 0 bridgehead atoms. The maximum Gasteiger partial charge on any atom is 0.112 e. The Labute approximate surface area is 64.9 Å². The minimum atomic E-state index is 0.837. The summed E-state index contributed by atoms with van der Waals surface area (Å²) in [4.78, 5) is 8.35. The zero-order valence-electron chi connectivity index (χ0n) is 6.20. The lowest BCUT2D eigenvalue weighted by molar-refractivity contribution is 1.17. The van der Waals surface area contributed by atoms with Gasteiger partial charge < -0.3 is 0 Å². The molecule has 0 aliphatic heterocycles. The van der Waals surface area contributed by atoms with Crippen molar-refractivity contribution in [2.75, 3.05) is 0 Å². The predicted molar refractivity (Wildman–Crippen MR) is 43.1 cm³/mol. The van der Waals surface area contributed by atoms with Gasteiger partial charge in [-0.05, 0) is 19.1 Å². The summed E-state index contributed by atoms with van der Waals surface area (Å²) in [5.74, 6) is 0. The van der Waals surface area contributed by atoms with Crippen LogP contribution in [-0.4, -0.2) is 9.97 Å². The molecule has 0 N–H and O–H groups in total. The standard InChI is InChI=1S/C9H7N2/c1-7-6-10-8-4-2-3-5-9(8)11-7/h2-5H,1H3. The predicted octanol–water partition coefficient (Wildman–Crippen LogP) is 1.74. The van der Waals surface area contributed by atoms with E-state index in [-0.39, 0.29) is 0 Å². The van der Waals surface area contributed by atoms with Gasteiger partial charge in [0.1, 0.15) is 6.20 Å². The van der Waals surface area contributed by atoms with Crippen LogP contribution >= 0.6 is 0 Å². The Kier molecular flexibility index (Phi) is 1.32. The quantitative estimate of drug-likeness (QED) is 0.561. The van der Waals surface area contributed by atoms with Crippen molar-refractivity contribution in [2.45, 2.75) is 6.92 Å². The highest BCUT2D eigenvalue weighted by molar-refractivity contribution is 5.73. The lowest BCUT2D eigenvalue weighted by Crippen LogP contribution is -1.85. The van der Waals surface area contributed by atoms with Gasteiger partial charge in [0.25, 0.3) is 0 Å². The third-order valence-electron chi connectivity index (χ3n) is 1.51. The Morgan fingerprint density at radius 2 is 1.91 bits per heavy atom. The maximum absolute atomic E-state index is 4.26. The molecule has 2 heteroatoms. The van der Waals surface area contributed by atoms with Gasteiger partial charge in [-0.25, -0.2) is 9.97 Å². The van der Waals surface area contributed by atoms with Crippen molar-refractivity contribution in [1.29, 1.82) is 0 Å². The zero-order chi connectivity index (χ0) is 7.68. The summed E-state index contributed by atoms with van der Waals surface area (Å²) in [6.45, 7) is 1.89. The fraction of sp³-hybridized carbons (Fsp3) is 0.111. The van der Waals surface area contributed by atoms with Crippen molar-refractivity contribution in [2.24, 2.45) is 0 Å². The van der Waals surface area contributed by atoms with Gasteiger partial charge in [-0.15, -0.1) is 0 Å². The second-order valence-electron chi connectivity index (χ2n) is 2.41. The van der Waals surface area contributed by atoms with Crippen molar-refractivity contribution in [3.63, 3.8) is 0 Å². The SMILES string of the molecule is Cc1[c]nc2ccccc2n1. The van der Waals surface area contributed by atoms with Gasteiger partial charge in [-0.3, -0.25) is 0 Å². The summed E-state index contributed by atoms with van der Waals surface area (Å²) >= 11 is 0. The molecule has 0 saturated heterocycles. The van der Waals surface area contributed by atoms with Gasteiger partial charge in [0.05, 0.1) is 16.7 Å². The smallest absolute Gasteiger partial charge is 0.112 e. The first-order valence-corrected chi connectivity index (χ1v) is 3.47. The van der Waals surface area contributed by atoms with E-state index >= 15 is 0 Å². The lowest BCUT2D eigenvalue weighted by atomic mass is 10.3. The van der Waals surface area contributed by atoms with Gasteiger partial charge in [0, 0.05) is 0 Å². The molecule has 0 aliphatic rings. The molecule has 2 aromatic rings. The average Bonchev–Trinajstić information content (AvgIpc) is 2.04. The number of fused-ring (bicyclic) bond motifs is 1. The van der Waals surface area contributed by atoms with Crippen molar-refractivity contribution in [3.05, 3.63) is 36.2 Å². The number of rotatable bonds is 0. The van der Waals surface area contributed by atoms with Crippen LogP contribution in [0.5, 0.6) is 0 Å². The van der Waals surface area contributed by atoms with E-state index in [9.17, 15) is 0 Å². The molecule has 2 rings (SSSR count). The summed E-state index contributed by atoms with van der Waals surface area (Å²) in [6, 6.07) is 7.78. The Bertz CT molecular complexity index is 382. The van der Waals surface area contributed by atoms with E-state index in [2.05, 4.69) is 16.2 Å². The van der Waals surface area contributed by atoms with E-state index < -0.39 is 0 Å². The van der Waals surface area contributed by atoms with Gasteiger partial charge in [0.15, 0.2) is 0 Å². The molecule has 53 valence electrons. The van der Waals surface area contributed by atoms with Crippen LogP contribution in [0.3, 0.4) is 0 Å². The summed E-state index contributed by atoms with van der Waals surface area (Å²) in [6.07, 6.45) is 2.81. The van der Waals surface area contributed by atoms with E-state index in [1.54, 1.807) is 0 Å². The third-order valence-corrected chi connectivity index (χ3v) is 1.51. The lowest BCUT2D eigenvalue weighted by Gasteiger charge is -1.94. The first-order chi connectivity index (χ1) is 5.36. The molecule has 0 atom stereocenters. The van der Waals surface area contributed by atoms with Gasteiger partial charge in [0.2, 0.25) is 0 Å². The molecule has 1 heterocycles. The minimum absolute atomic E-state index is 0.837. The molecule has 1 radical (unpaired) electrons. The molecule has 0 spiro atoms. The molecule has 0 saturated carbocycles. The fourth-order valence-corrected chi connectivity index (χ4v) is 1.00. The molecular weight excluding hydrogens is 136 g/mol. The first kappa shape index (κ1) is 6.28. The van der Waals surface area contributed by atoms with Crippen LogP contribution in [0.2, 0.25) is 0 Å². The number of nitrogens with zero attached hydrogens (tertiary/aromatic N) is 2. The van der Waals surface area contributed by atoms with Crippen LogP contribution in [0, 0.1) is 13.1 Å². The molecule has 1 aromatic carbocycles. The van der Waals surface area contributed by atoms with Crippen molar-refractivity contribution in [3.8, 4) is 0 Å². The van der Waals surface area contributed by atoms with Crippen LogP contribution < -0.4 is 0 Å². The third kappa shape index (κ3) is 1.07. The highest BCUT2D eigenvalue weighted by atomic mass is 14.8. The molecule has 11 heavy (non-hydrogen) atoms. The summed E-state index contributed by atoms with van der Waals surface area (Å²) in [5, 5.41) is 0. The van der Waals surface area contributed by atoms with Crippen molar-refractivity contribution >= 4 is 11.0 Å². The van der Waals surface area contributed by atoms with E-state index in [4.69, 9.17) is 0 Å². The average molecular weight is 143 g/mol. The maximum atomic E-state index is 4.26. The Morgan fingerprint density at radius 1 is 1.18 bits per heavy atom. The van der Waals surface area contributed by atoms with E-state index in [0.29, 0.717) is 0 Å². The van der Waals surface area contributed by atoms with Crippen LogP contribution in [-0.2, 0) is 0 Å². The number of hydrogen-bond donors (Lipinski definition) is 0. The van der Waals surface area contributed by atoms with E-state index in [0.717, 1.165) is 16.7 Å². The Hall–Kier alpha value is -1.44. The molecule has 0 unspecified atom stereocenters. The Morgan fingerprint density at radius 3 is 2.73 bits per heavy atom. The first-order valence-electron chi connectivity index (χ1n) is 3.47. The Balaban J connectivity index is 2.83. The van der Waals surface area contributed by atoms with Crippen LogP contribution in [0.1, 0.15) is 5.69 Å². The summed E-state index contributed by atoms with van der Waals surface area (Å²) in [7, 11) is 0. The molecule has 1 aromatic heterocycles. The van der Waals surface area contributed by atoms with Crippen molar-refractivity contribution in [1.82, 2.24) is 9.97 Å². The van der Waals surface area contributed by atoms with E-state index in [1.165, 1.54) is 0 Å². The second-order valence-corrected chi connectivity index (χ2v) is 2.41. The topological polar surface area (TPSA) is 25.8 Å². The zero-order valence-corrected chi connectivity index (χ0v) is 6.20. The highest BCUT2D eigenvalue weighted by Crippen LogP contribution is 2.06. The van der Waals surface area contributed by atoms with Gasteiger partial charge >= 0.3 is 0 Å². The number of hydrogen-bond acceptors (Lipinski definition) is 2. The van der Waals surface area contributed by atoms with E-state index in [1.807, 2.05) is 31.2 Å².